The van der Waals surface area contributed by atoms with Crippen LogP contribution in [0.25, 0.3) is 0 Å². The van der Waals surface area contributed by atoms with Gasteiger partial charge in [-0.25, -0.2) is 0 Å². The fourth-order valence-corrected chi connectivity index (χ4v) is 2.72. The molecule has 1 aliphatic carbocycles. The molecule has 0 spiro atoms. The summed E-state index contributed by atoms with van der Waals surface area (Å²) in [5.41, 5.74) is 7.35. The molecule has 1 unspecified atom stereocenters. The van der Waals surface area contributed by atoms with Gasteiger partial charge in [-0.2, -0.15) is 0 Å². The van der Waals surface area contributed by atoms with Crippen molar-refractivity contribution in [3.63, 3.8) is 0 Å². The van der Waals surface area contributed by atoms with Gasteiger partial charge in [0.15, 0.2) is 0 Å². The van der Waals surface area contributed by atoms with Gasteiger partial charge in [-0.05, 0) is 70.7 Å². The molecule has 0 aliphatic heterocycles. The molecule has 116 valence electrons. The molecule has 2 rings (SSSR count). The Bertz CT molecular complexity index is 489. The predicted molar refractivity (Wildman–Crippen MR) is 88.5 cm³/mol. The molecule has 0 aromatic heterocycles. The number of rotatable bonds is 6. The number of nitrogens with one attached hydrogen (secondary N) is 1. The molecule has 4 nitrogen and oxygen atoms in total. The van der Waals surface area contributed by atoms with Gasteiger partial charge in [-0.15, -0.1) is 0 Å². The van der Waals surface area contributed by atoms with Gasteiger partial charge in [0.05, 0.1) is 5.54 Å². The first-order chi connectivity index (χ1) is 9.86. The van der Waals surface area contributed by atoms with Gasteiger partial charge in [-0.1, -0.05) is 0 Å². The summed E-state index contributed by atoms with van der Waals surface area (Å²) in [6.07, 6.45) is 2.11. The third-order valence-corrected chi connectivity index (χ3v) is 4.34. The molecule has 1 atom stereocenters. The van der Waals surface area contributed by atoms with Crippen LogP contribution in [0.5, 0.6) is 0 Å². The van der Waals surface area contributed by atoms with E-state index in [4.69, 9.17) is 5.73 Å². The minimum Gasteiger partial charge on any atom is -0.369 e. The number of carbonyl (C=O) groups is 1. The minimum atomic E-state index is -0.758. The first kappa shape index (κ1) is 15.8. The van der Waals surface area contributed by atoms with E-state index in [1.165, 1.54) is 5.69 Å². The Hall–Kier alpha value is -1.55. The third kappa shape index (κ3) is 3.56. The molecule has 1 saturated carbocycles. The van der Waals surface area contributed by atoms with Crippen LogP contribution in [-0.2, 0) is 4.79 Å². The number of nitrogens with zero attached hydrogens (tertiary/aromatic N) is 1. The van der Waals surface area contributed by atoms with Crippen LogP contribution in [0.3, 0.4) is 0 Å². The highest BCUT2D eigenvalue weighted by Gasteiger charge is 2.44. The number of nitrogens with two attached hydrogens (primary N) is 1. The zero-order chi connectivity index (χ0) is 15.6. The van der Waals surface area contributed by atoms with Crippen LogP contribution in [0.1, 0.15) is 40.5 Å². The average Bonchev–Trinajstić information content (AvgIpc) is 3.25. The normalized spacial score (nSPS) is 17.4. The van der Waals surface area contributed by atoms with Crippen molar-refractivity contribution in [2.75, 3.05) is 16.8 Å². The SMILES string of the molecule is CCN(c1ccc(NC(=O)C(C)(N)C2CC2)cc1)C(C)C. The van der Waals surface area contributed by atoms with E-state index in [1.807, 2.05) is 31.2 Å². The van der Waals surface area contributed by atoms with E-state index < -0.39 is 5.54 Å². The Morgan fingerprint density at radius 2 is 1.95 bits per heavy atom. The van der Waals surface area contributed by atoms with Crippen LogP contribution in [0.2, 0.25) is 0 Å². The number of anilines is 2. The van der Waals surface area contributed by atoms with Crippen molar-refractivity contribution in [2.24, 2.45) is 11.7 Å². The molecule has 1 aromatic rings. The molecule has 0 radical (unpaired) electrons. The Kier molecular flexibility index (Phi) is 4.57. The fraction of sp³-hybridized carbons (Fsp3) is 0.588. The van der Waals surface area contributed by atoms with Gasteiger partial charge in [0.2, 0.25) is 5.91 Å². The molecule has 21 heavy (non-hydrogen) atoms. The van der Waals surface area contributed by atoms with Gasteiger partial charge in [-0.3, -0.25) is 4.79 Å². The Morgan fingerprint density at radius 1 is 1.38 bits per heavy atom. The highest BCUT2D eigenvalue weighted by molar-refractivity contribution is 5.98. The van der Waals surface area contributed by atoms with Crippen molar-refractivity contribution in [2.45, 2.75) is 52.1 Å². The quantitative estimate of drug-likeness (QED) is 0.846. The minimum absolute atomic E-state index is 0.0889. The standard InChI is InChI=1S/C17H27N3O/c1-5-20(12(2)3)15-10-8-14(9-11-15)19-16(21)17(4,18)13-6-7-13/h8-13H,5-7,18H2,1-4H3,(H,19,21). The zero-order valence-electron chi connectivity index (χ0n) is 13.5. The van der Waals surface area contributed by atoms with Crippen LogP contribution >= 0.6 is 0 Å². The van der Waals surface area contributed by atoms with E-state index in [1.54, 1.807) is 0 Å². The molecular weight excluding hydrogens is 262 g/mol. The van der Waals surface area contributed by atoms with Crippen molar-refractivity contribution in [3.8, 4) is 0 Å². The van der Waals surface area contributed by atoms with Crippen LogP contribution in [-0.4, -0.2) is 24.0 Å². The number of benzene rings is 1. The lowest BCUT2D eigenvalue weighted by Crippen LogP contribution is -2.50. The maximum atomic E-state index is 12.3. The Labute approximate surface area is 127 Å². The van der Waals surface area contributed by atoms with Crippen LogP contribution < -0.4 is 16.0 Å². The summed E-state index contributed by atoms with van der Waals surface area (Å²) < 4.78 is 0. The van der Waals surface area contributed by atoms with Crippen LogP contribution in [0.15, 0.2) is 24.3 Å². The second-order valence-corrected chi connectivity index (χ2v) is 6.44. The van der Waals surface area contributed by atoms with Gasteiger partial charge in [0, 0.05) is 24.0 Å². The molecule has 0 bridgehead atoms. The van der Waals surface area contributed by atoms with Gasteiger partial charge < -0.3 is 16.0 Å². The molecular formula is C17H27N3O. The predicted octanol–water partition coefficient (Wildman–Crippen LogP) is 2.99. The van der Waals surface area contributed by atoms with E-state index in [-0.39, 0.29) is 5.91 Å². The van der Waals surface area contributed by atoms with E-state index in [0.29, 0.717) is 12.0 Å². The maximum absolute atomic E-state index is 12.3. The molecule has 1 aromatic carbocycles. The summed E-state index contributed by atoms with van der Waals surface area (Å²) >= 11 is 0. The number of hydrogen-bond acceptors (Lipinski definition) is 3. The summed E-state index contributed by atoms with van der Waals surface area (Å²) in [5.74, 6) is 0.238. The van der Waals surface area contributed by atoms with Crippen LogP contribution in [0.4, 0.5) is 11.4 Å². The lowest BCUT2D eigenvalue weighted by molar-refractivity contribution is -0.121. The fourth-order valence-electron chi connectivity index (χ4n) is 2.72. The Morgan fingerprint density at radius 3 is 2.38 bits per heavy atom. The lowest BCUT2D eigenvalue weighted by atomic mass is 9.96. The van der Waals surface area contributed by atoms with Crippen molar-refractivity contribution in [1.82, 2.24) is 0 Å². The van der Waals surface area contributed by atoms with E-state index in [0.717, 1.165) is 25.1 Å². The highest BCUT2D eigenvalue weighted by atomic mass is 16.2. The second kappa shape index (κ2) is 6.06. The summed E-state index contributed by atoms with van der Waals surface area (Å²) in [4.78, 5) is 14.6. The molecule has 1 aliphatic rings. The third-order valence-electron chi connectivity index (χ3n) is 4.34. The lowest BCUT2D eigenvalue weighted by Gasteiger charge is -2.28. The van der Waals surface area contributed by atoms with Crippen molar-refractivity contribution >= 4 is 17.3 Å². The van der Waals surface area contributed by atoms with Gasteiger partial charge in [0.25, 0.3) is 0 Å². The molecule has 4 heteroatoms. The number of hydrogen-bond donors (Lipinski definition) is 2. The summed E-state index contributed by atoms with van der Waals surface area (Å²) in [6.45, 7) is 9.28. The first-order valence-electron chi connectivity index (χ1n) is 7.83. The number of carbonyl (C=O) groups excluding carboxylic acids is 1. The first-order valence-corrected chi connectivity index (χ1v) is 7.83. The second-order valence-electron chi connectivity index (χ2n) is 6.44. The highest BCUT2D eigenvalue weighted by Crippen LogP contribution is 2.38. The largest absolute Gasteiger partial charge is 0.369 e. The van der Waals surface area contributed by atoms with Crippen molar-refractivity contribution < 1.29 is 4.79 Å². The molecule has 1 amide bonds. The van der Waals surface area contributed by atoms with E-state index in [2.05, 4.69) is 31.0 Å². The van der Waals surface area contributed by atoms with E-state index >= 15 is 0 Å². The summed E-state index contributed by atoms with van der Waals surface area (Å²) in [7, 11) is 0. The topological polar surface area (TPSA) is 58.4 Å². The molecule has 3 N–H and O–H groups in total. The molecule has 0 saturated heterocycles. The van der Waals surface area contributed by atoms with Crippen molar-refractivity contribution in [1.29, 1.82) is 0 Å². The smallest absolute Gasteiger partial charge is 0.244 e. The van der Waals surface area contributed by atoms with Crippen molar-refractivity contribution in [3.05, 3.63) is 24.3 Å². The van der Waals surface area contributed by atoms with E-state index in [9.17, 15) is 4.79 Å². The van der Waals surface area contributed by atoms with Crippen LogP contribution in [0, 0.1) is 5.92 Å². The molecule has 1 fully saturated rings. The summed E-state index contributed by atoms with van der Waals surface area (Å²) in [6, 6.07) is 8.44. The summed E-state index contributed by atoms with van der Waals surface area (Å²) in [5, 5.41) is 2.93. The zero-order valence-corrected chi connectivity index (χ0v) is 13.5. The monoisotopic (exact) mass is 289 g/mol. The maximum Gasteiger partial charge on any atom is 0.244 e. The Balaban J connectivity index is 2.04. The average molecular weight is 289 g/mol. The van der Waals surface area contributed by atoms with Gasteiger partial charge in [0.1, 0.15) is 0 Å². The molecule has 0 heterocycles. The van der Waals surface area contributed by atoms with Gasteiger partial charge >= 0.3 is 0 Å². The number of amides is 1.